The molecule has 2 saturated heterocycles. The Labute approximate surface area is 223 Å². The van der Waals surface area contributed by atoms with Gasteiger partial charge in [-0.2, -0.15) is 0 Å². The molecule has 3 N–H and O–H groups in total. The van der Waals surface area contributed by atoms with Crippen molar-refractivity contribution in [3.05, 3.63) is 65.2 Å². The maximum atomic E-state index is 12.2. The second-order valence-electron chi connectivity index (χ2n) is 10.1. The molecular weight excluding hydrogens is 488 g/mol. The Morgan fingerprint density at radius 3 is 2.61 bits per heavy atom. The number of amides is 1. The molecule has 2 aromatic rings. The predicted octanol–water partition coefficient (Wildman–Crippen LogP) is 3.88. The normalized spacial score (nSPS) is 25.8. The van der Waals surface area contributed by atoms with Gasteiger partial charge in [-0.15, -0.1) is 0 Å². The molecule has 38 heavy (non-hydrogen) atoms. The number of nitrogens with zero attached hydrogens (tertiary/aromatic N) is 1. The molecule has 2 aliphatic heterocycles. The molecule has 2 aromatic carbocycles. The summed E-state index contributed by atoms with van der Waals surface area (Å²) in [7, 11) is 1.74. The zero-order valence-electron chi connectivity index (χ0n) is 22.0. The number of carbonyl (C=O) groups is 2. The second kappa shape index (κ2) is 13.3. The van der Waals surface area contributed by atoms with Crippen LogP contribution in [0.25, 0.3) is 0 Å². The van der Waals surface area contributed by atoms with Gasteiger partial charge in [-0.3, -0.25) is 14.5 Å². The van der Waals surface area contributed by atoms with Crippen LogP contribution in [0, 0.1) is 5.92 Å². The molecule has 206 valence electrons. The maximum absolute atomic E-state index is 12.2. The van der Waals surface area contributed by atoms with Crippen LogP contribution in [-0.2, 0) is 30.4 Å². The number of carboxylic acids is 1. The summed E-state index contributed by atoms with van der Waals surface area (Å²) in [5, 5.41) is 21.1. The number of carboxylic acid groups (broad SMARTS) is 1. The fourth-order valence-corrected chi connectivity index (χ4v) is 5.28. The number of rotatable bonds is 11. The summed E-state index contributed by atoms with van der Waals surface area (Å²) in [6.45, 7) is 4.57. The average molecular weight is 527 g/mol. The number of nitrogens with one attached hydrogen (secondary N) is 1. The molecule has 2 fully saturated rings. The summed E-state index contributed by atoms with van der Waals surface area (Å²) in [4.78, 5) is 25.4. The zero-order valence-corrected chi connectivity index (χ0v) is 22.0. The van der Waals surface area contributed by atoms with E-state index >= 15 is 0 Å². The Bertz CT molecular complexity index is 1080. The highest BCUT2D eigenvalue weighted by Gasteiger charge is 2.40. The lowest BCUT2D eigenvalue weighted by Crippen LogP contribution is -2.46. The van der Waals surface area contributed by atoms with Gasteiger partial charge < -0.3 is 29.7 Å². The molecule has 0 radical (unpaired) electrons. The zero-order chi connectivity index (χ0) is 27.1. The monoisotopic (exact) mass is 526 g/mol. The summed E-state index contributed by atoms with van der Waals surface area (Å²) in [5.74, 6) is -1.31. The third kappa shape index (κ3) is 7.18. The fraction of sp³-hybridized carbons (Fsp3) is 0.517. The van der Waals surface area contributed by atoms with E-state index in [1.54, 1.807) is 13.2 Å². The van der Waals surface area contributed by atoms with Crippen molar-refractivity contribution in [1.29, 1.82) is 0 Å². The number of methoxy groups -OCH3 is 1. The number of ether oxygens (including phenoxy) is 3. The minimum absolute atomic E-state index is 0.0173. The molecule has 4 rings (SSSR count). The summed E-state index contributed by atoms with van der Waals surface area (Å²) >= 11 is 0. The van der Waals surface area contributed by atoms with Crippen LogP contribution in [0.15, 0.2) is 48.5 Å². The number of aliphatic hydroxyl groups is 1. The first kappa shape index (κ1) is 28.2. The standard InChI is InChI=1S/C29H38N2O7/c1-19-25(16-31-14-4-7-24(31)18-36-2)37-29(38-28(19)21-10-8-20(17-32)9-11-21)22-5-3-6-23(15-22)30-26(33)12-13-27(34)35/h3,5-6,8-11,15,19,24-25,28-29,32H,4,7,12-14,16-18H2,1-2H3,(H,30,33)(H,34,35)/t19-,24+,25+,28+,29+/m1/s1. The predicted molar refractivity (Wildman–Crippen MR) is 141 cm³/mol. The summed E-state index contributed by atoms with van der Waals surface area (Å²) < 4.78 is 18.6. The van der Waals surface area contributed by atoms with Crippen LogP contribution >= 0.6 is 0 Å². The van der Waals surface area contributed by atoms with Gasteiger partial charge in [0.25, 0.3) is 0 Å². The molecule has 0 saturated carbocycles. The Morgan fingerprint density at radius 1 is 1.11 bits per heavy atom. The quantitative estimate of drug-likeness (QED) is 0.404. The number of anilines is 1. The number of aliphatic carboxylic acids is 1. The lowest BCUT2D eigenvalue weighted by molar-refractivity contribution is -0.276. The van der Waals surface area contributed by atoms with Crippen LogP contribution in [0.5, 0.6) is 0 Å². The van der Waals surface area contributed by atoms with Gasteiger partial charge in [0.1, 0.15) is 0 Å². The van der Waals surface area contributed by atoms with E-state index in [0.29, 0.717) is 18.3 Å². The summed E-state index contributed by atoms with van der Waals surface area (Å²) in [5.41, 5.74) is 3.18. The van der Waals surface area contributed by atoms with Crippen molar-refractivity contribution >= 4 is 17.6 Å². The van der Waals surface area contributed by atoms with Crippen LogP contribution in [0.4, 0.5) is 5.69 Å². The van der Waals surface area contributed by atoms with Gasteiger partial charge in [0.15, 0.2) is 6.29 Å². The van der Waals surface area contributed by atoms with Crippen molar-refractivity contribution in [2.75, 3.05) is 32.1 Å². The van der Waals surface area contributed by atoms with E-state index in [1.807, 2.05) is 42.5 Å². The van der Waals surface area contributed by atoms with E-state index < -0.39 is 12.3 Å². The lowest BCUT2D eigenvalue weighted by Gasteiger charge is -2.43. The fourth-order valence-electron chi connectivity index (χ4n) is 5.28. The molecule has 2 aliphatic rings. The maximum Gasteiger partial charge on any atom is 0.303 e. The molecule has 2 heterocycles. The van der Waals surface area contributed by atoms with E-state index in [-0.39, 0.29) is 43.5 Å². The highest BCUT2D eigenvalue weighted by atomic mass is 16.7. The molecule has 0 aromatic heterocycles. The van der Waals surface area contributed by atoms with E-state index in [0.717, 1.165) is 42.6 Å². The number of likely N-dealkylation sites (tertiary alicyclic amines) is 1. The van der Waals surface area contributed by atoms with Crippen LogP contribution < -0.4 is 5.32 Å². The minimum Gasteiger partial charge on any atom is -0.481 e. The lowest BCUT2D eigenvalue weighted by atomic mass is 9.90. The number of aliphatic hydroxyl groups excluding tert-OH is 1. The van der Waals surface area contributed by atoms with Gasteiger partial charge in [0, 0.05) is 43.3 Å². The largest absolute Gasteiger partial charge is 0.481 e. The van der Waals surface area contributed by atoms with E-state index in [1.165, 1.54) is 0 Å². The van der Waals surface area contributed by atoms with Crippen LogP contribution in [0.1, 0.15) is 61.7 Å². The molecule has 9 nitrogen and oxygen atoms in total. The Hall–Kier alpha value is -2.82. The van der Waals surface area contributed by atoms with Crippen molar-refractivity contribution in [3.63, 3.8) is 0 Å². The van der Waals surface area contributed by atoms with Crippen LogP contribution in [0.2, 0.25) is 0 Å². The molecule has 0 aliphatic carbocycles. The first-order valence-corrected chi connectivity index (χ1v) is 13.2. The highest BCUT2D eigenvalue weighted by molar-refractivity contribution is 5.92. The van der Waals surface area contributed by atoms with Gasteiger partial charge >= 0.3 is 5.97 Å². The smallest absolute Gasteiger partial charge is 0.303 e. The molecule has 0 unspecified atom stereocenters. The number of hydrogen-bond acceptors (Lipinski definition) is 7. The van der Waals surface area contributed by atoms with Gasteiger partial charge in [-0.05, 0) is 42.6 Å². The Morgan fingerprint density at radius 2 is 1.89 bits per heavy atom. The van der Waals surface area contributed by atoms with Crippen molar-refractivity contribution in [1.82, 2.24) is 4.90 Å². The number of hydrogen-bond donors (Lipinski definition) is 3. The average Bonchev–Trinajstić information content (AvgIpc) is 3.35. The Balaban J connectivity index is 1.56. The van der Waals surface area contributed by atoms with Gasteiger partial charge in [0.05, 0.1) is 31.8 Å². The summed E-state index contributed by atoms with van der Waals surface area (Å²) in [6.07, 6.45) is 0.913. The van der Waals surface area contributed by atoms with Crippen molar-refractivity contribution in [2.45, 2.75) is 63.8 Å². The molecule has 5 atom stereocenters. The first-order chi connectivity index (χ1) is 18.4. The molecule has 1 amide bonds. The second-order valence-corrected chi connectivity index (χ2v) is 10.1. The highest BCUT2D eigenvalue weighted by Crippen LogP contribution is 2.42. The van der Waals surface area contributed by atoms with Crippen LogP contribution in [-0.4, -0.2) is 65.9 Å². The van der Waals surface area contributed by atoms with E-state index in [4.69, 9.17) is 19.3 Å². The number of benzene rings is 2. The minimum atomic E-state index is -1.01. The van der Waals surface area contributed by atoms with Crippen LogP contribution in [0.3, 0.4) is 0 Å². The first-order valence-electron chi connectivity index (χ1n) is 13.2. The van der Waals surface area contributed by atoms with Crippen molar-refractivity contribution < 1.29 is 34.0 Å². The van der Waals surface area contributed by atoms with Crippen molar-refractivity contribution in [3.8, 4) is 0 Å². The molecule has 0 bridgehead atoms. The van der Waals surface area contributed by atoms with E-state index in [2.05, 4.69) is 17.1 Å². The topological polar surface area (TPSA) is 118 Å². The molecule has 0 spiro atoms. The molecular formula is C29H38N2O7. The Kier molecular flexibility index (Phi) is 9.87. The van der Waals surface area contributed by atoms with E-state index in [9.17, 15) is 14.7 Å². The van der Waals surface area contributed by atoms with Gasteiger partial charge in [-0.1, -0.05) is 43.3 Å². The third-order valence-electron chi connectivity index (χ3n) is 7.40. The SMILES string of the molecule is COC[C@@H]1CCCN1C[C@@H]1O[C@H](c2cccc(NC(=O)CCC(=O)O)c2)O[C@H](c2ccc(CO)cc2)[C@@H]1C. The third-order valence-corrected chi connectivity index (χ3v) is 7.40. The van der Waals surface area contributed by atoms with Crippen molar-refractivity contribution in [2.24, 2.45) is 5.92 Å². The van der Waals surface area contributed by atoms with Gasteiger partial charge in [0.2, 0.25) is 5.91 Å². The summed E-state index contributed by atoms with van der Waals surface area (Å²) in [6, 6.07) is 15.5. The number of carbonyl (C=O) groups excluding carboxylic acids is 1. The molecule has 9 heteroatoms. The van der Waals surface area contributed by atoms with Gasteiger partial charge in [-0.25, -0.2) is 0 Å².